The van der Waals surface area contributed by atoms with Crippen LogP contribution in [0.5, 0.6) is 0 Å². The molecular formula is C15H23BrN2O. The molecule has 1 fully saturated rings. The zero-order chi connectivity index (χ0) is 13.7. The Kier molecular flexibility index (Phi) is 5.82. The minimum absolute atomic E-state index is 0.596. The predicted octanol–water partition coefficient (Wildman–Crippen LogP) is 2.77. The summed E-state index contributed by atoms with van der Waals surface area (Å²) in [5.74, 6) is 0.681. The summed E-state index contributed by atoms with van der Waals surface area (Å²) in [5, 5.41) is 0. The Morgan fingerprint density at radius 3 is 3.00 bits per heavy atom. The van der Waals surface area contributed by atoms with Gasteiger partial charge in [-0.3, -0.25) is 4.90 Å². The Morgan fingerprint density at radius 1 is 1.47 bits per heavy atom. The van der Waals surface area contributed by atoms with Crippen molar-refractivity contribution in [3.8, 4) is 0 Å². The van der Waals surface area contributed by atoms with Crippen LogP contribution in [0.2, 0.25) is 0 Å². The maximum Gasteiger partial charge on any atom is 0.0502 e. The summed E-state index contributed by atoms with van der Waals surface area (Å²) in [4.78, 5) is 2.52. The van der Waals surface area contributed by atoms with E-state index in [9.17, 15) is 0 Å². The first-order chi connectivity index (χ1) is 9.22. The molecule has 19 heavy (non-hydrogen) atoms. The number of ether oxygens (including phenoxy) is 1. The summed E-state index contributed by atoms with van der Waals surface area (Å²) in [6.45, 7) is 4.80. The van der Waals surface area contributed by atoms with Crippen LogP contribution in [0.15, 0.2) is 22.7 Å². The average molecular weight is 327 g/mol. The summed E-state index contributed by atoms with van der Waals surface area (Å²) in [6.07, 6.45) is 2.56. The molecule has 0 spiro atoms. The van der Waals surface area contributed by atoms with Crippen molar-refractivity contribution in [2.24, 2.45) is 11.7 Å². The molecule has 1 atom stereocenters. The molecule has 0 amide bonds. The highest BCUT2D eigenvalue weighted by molar-refractivity contribution is 9.10. The first kappa shape index (κ1) is 15.0. The summed E-state index contributed by atoms with van der Waals surface area (Å²) < 4.78 is 6.45. The fourth-order valence-electron chi connectivity index (χ4n) is 2.75. The van der Waals surface area contributed by atoms with Crippen molar-refractivity contribution >= 4 is 15.9 Å². The topological polar surface area (TPSA) is 38.5 Å². The standard InChI is InChI=1S/C15H23BrN2O/c1-19-11-13-3-2-6-18(9-13)10-14-5-4-12(8-17)7-15(14)16/h4-5,7,13H,2-3,6,8-11,17H2,1H3. The van der Waals surface area contributed by atoms with Gasteiger partial charge < -0.3 is 10.5 Å². The third-order valence-electron chi connectivity index (χ3n) is 3.75. The zero-order valence-electron chi connectivity index (χ0n) is 11.6. The molecule has 1 unspecified atom stereocenters. The molecule has 0 aliphatic carbocycles. The molecule has 0 aromatic heterocycles. The van der Waals surface area contributed by atoms with E-state index < -0.39 is 0 Å². The van der Waals surface area contributed by atoms with Gasteiger partial charge in [0.15, 0.2) is 0 Å². The van der Waals surface area contributed by atoms with Gasteiger partial charge in [0.05, 0.1) is 6.61 Å². The fourth-order valence-corrected chi connectivity index (χ4v) is 3.31. The van der Waals surface area contributed by atoms with Gasteiger partial charge in [0.25, 0.3) is 0 Å². The third kappa shape index (κ3) is 4.28. The van der Waals surface area contributed by atoms with E-state index in [4.69, 9.17) is 10.5 Å². The van der Waals surface area contributed by atoms with Crippen molar-refractivity contribution in [1.29, 1.82) is 0 Å². The number of nitrogens with zero attached hydrogens (tertiary/aromatic N) is 1. The molecule has 1 heterocycles. The lowest BCUT2D eigenvalue weighted by atomic mass is 9.98. The van der Waals surface area contributed by atoms with Crippen molar-refractivity contribution in [2.45, 2.75) is 25.9 Å². The number of methoxy groups -OCH3 is 1. The molecule has 1 saturated heterocycles. The zero-order valence-corrected chi connectivity index (χ0v) is 13.2. The summed E-state index contributed by atoms with van der Waals surface area (Å²) in [6, 6.07) is 6.44. The van der Waals surface area contributed by atoms with Gasteiger partial charge in [-0.2, -0.15) is 0 Å². The molecule has 1 aliphatic heterocycles. The number of benzene rings is 1. The van der Waals surface area contributed by atoms with E-state index in [1.165, 1.54) is 35.0 Å². The summed E-state index contributed by atoms with van der Waals surface area (Å²) >= 11 is 3.65. The molecule has 4 heteroatoms. The molecule has 0 bridgehead atoms. The van der Waals surface area contributed by atoms with Crippen molar-refractivity contribution in [2.75, 3.05) is 26.8 Å². The van der Waals surface area contributed by atoms with E-state index >= 15 is 0 Å². The molecule has 1 aromatic carbocycles. The molecule has 3 nitrogen and oxygen atoms in total. The van der Waals surface area contributed by atoms with Crippen LogP contribution in [0.25, 0.3) is 0 Å². The Balaban J connectivity index is 1.96. The first-order valence-corrected chi connectivity index (χ1v) is 7.71. The van der Waals surface area contributed by atoms with Gasteiger partial charge in [-0.25, -0.2) is 0 Å². The average Bonchev–Trinajstić information content (AvgIpc) is 2.42. The minimum atomic E-state index is 0.596. The second kappa shape index (κ2) is 7.39. The highest BCUT2D eigenvalue weighted by Crippen LogP contribution is 2.23. The van der Waals surface area contributed by atoms with E-state index in [-0.39, 0.29) is 0 Å². The Morgan fingerprint density at radius 2 is 2.32 bits per heavy atom. The van der Waals surface area contributed by atoms with Gasteiger partial charge in [0.1, 0.15) is 0 Å². The van der Waals surface area contributed by atoms with Crippen LogP contribution in [-0.4, -0.2) is 31.7 Å². The quantitative estimate of drug-likeness (QED) is 0.904. The molecule has 0 radical (unpaired) electrons. The maximum atomic E-state index is 5.66. The van der Waals surface area contributed by atoms with Crippen LogP contribution in [0.1, 0.15) is 24.0 Å². The molecule has 2 N–H and O–H groups in total. The van der Waals surface area contributed by atoms with Crippen LogP contribution in [0.4, 0.5) is 0 Å². The van der Waals surface area contributed by atoms with Crippen LogP contribution >= 0.6 is 15.9 Å². The van der Waals surface area contributed by atoms with Crippen LogP contribution in [0, 0.1) is 5.92 Å². The lowest BCUT2D eigenvalue weighted by Crippen LogP contribution is -2.36. The number of hydrogen-bond donors (Lipinski definition) is 1. The SMILES string of the molecule is COCC1CCCN(Cc2ccc(CN)cc2Br)C1. The normalized spacial score (nSPS) is 20.7. The monoisotopic (exact) mass is 326 g/mol. The smallest absolute Gasteiger partial charge is 0.0502 e. The van der Waals surface area contributed by atoms with Gasteiger partial charge in [0, 0.05) is 31.2 Å². The van der Waals surface area contributed by atoms with E-state index in [2.05, 4.69) is 39.0 Å². The summed E-state index contributed by atoms with van der Waals surface area (Å²) in [5.41, 5.74) is 8.17. The van der Waals surface area contributed by atoms with Crippen LogP contribution < -0.4 is 5.73 Å². The highest BCUT2D eigenvalue weighted by atomic mass is 79.9. The summed E-state index contributed by atoms with van der Waals surface area (Å²) in [7, 11) is 1.79. The number of likely N-dealkylation sites (tertiary alicyclic amines) is 1. The Labute approximate surface area is 124 Å². The van der Waals surface area contributed by atoms with E-state index in [1.54, 1.807) is 7.11 Å². The first-order valence-electron chi connectivity index (χ1n) is 6.91. The van der Waals surface area contributed by atoms with Crippen molar-refractivity contribution in [3.05, 3.63) is 33.8 Å². The molecule has 106 valence electrons. The highest BCUT2D eigenvalue weighted by Gasteiger charge is 2.20. The number of halogens is 1. The largest absolute Gasteiger partial charge is 0.384 e. The molecular weight excluding hydrogens is 304 g/mol. The lowest BCUT2D eigenvalue weighted by Gasteiger charge is -2.32. The Hall–Kier alpha value is -0.420. The van der Waals surface area contributed by atoms with Gasteiger partial charge >= 0.3 is 0 Å². The molecule has 0 saturated carbocycles. The second-order valence-corrected chi connectivity index (χ2v) is 6.18. The van der Waals surface area contributed by atoms with E-state index in [0.717, 1.165) is 19.7 Å². The van der Waals surface area contributed by atoms with Gasteiger partial charge in [-0.1, -0.05) is 28.1 Å². The van der Waals surface area contributed by atoms with Crippen LogP contribution in [-0.2, 0) is 17.8 Å². The van der Waals surface area contributed by atoms with Crippen molar-refractivity contribution in [3.63, 3.8) is 0 Å². The van der Waals surface area contributed by atoms with Crippen molar-refractivity contribution in [1.82, 2.24) is 4.90 Å². The minimum Gasteiger partial charge on any atom is -0.384 e. The number of hydrogen-bond acceptors (Lipinski definition) is 3. The van der Waals surface area contributed by atoms with Gasteiger partial charge in [0.2, 0.25) is 0 Å². The Bertz CT molecular complexity index is 409. The van der Waals surface area contributed by atoms with Crippen LogP contribution in [0.3, 0.4) is 0 Å². The fraction of sp³-hybridized carbons (Fsp3) is 0.600. The van der Waals surface area contributed by atoms with Gasteiger partial charge in [-0.15, -0.1) is 0 Å². The molecule has 2 rings (SSSR count). The number of nitrogens with two attached hydrogens (primary N) is 1. The predicted molar refractivity (Wildman–Crippen MR) is 81.9 cm³/mol. The number of rotatable bonds is 5. The third-order valence-corrected chi connectivity index (χ3v) is 4.49. The lowest BCUT2D eigenvalue weighted by molar-refractivity contribution is 0.0873. The molecule has 1 aliphatic rings. The van der Waals surface area contributed by atoms with E-state index in [1.807, 2.05) is 0 Å². The van der Waals surface area contributed by atoms with E-state index in [0.29, 0.717) is 12.5 Å². The number of piperidine rings is 1. The second-order valence-electron chi connectivity index (χ2n) is 5.33. The van der Waals surface area contributed by atoms with Crippen molar-refractivity contribution < 1.29 is 4.74 Å². The van der Waals surface area contributed by atoms with Gasteiger partial charge in [-0.05, 0) is 42.5 Å². The maximum absolute atomic E-state index is 5.66. The molecule has 1 aromatic rings.